The smallest absolute Gasteiger partial charge is 0.340 e. The molecule has 2 rings (SSSR count). The first-order chi connectivity index (χ1) is 11.5. The lowest BCUT2D eigenvalue weighted by Crippen LogP contribution is -2.21. The zero-order valence-electron chi connectivity index (χ0n) is 12.6. The van der Waals surface area contributed by atoms with Gasteiger partial charge in [0.1, 0.15) is 5.75 Å². The summed E-state index contributed by atoms with van der Waals surface area (Å²) >= 11 is 0. The maximum atomic E-state index is 11.9. The molecule has 0 atom stereocenters. The molecule has 0 aliphatic carbocycles. The van der Waals surface area contributed by atoms with E-state index in [0.29, 0.717) is 0 Å². The van der Waals surface area contributed by atoms with Crippen molar-refractivity contribution in [2.75, 3.05) is 19.0 Å². The summed E-state index contributed by atoms with van der Waals surface area (Å²) in [5.41, 5.74) is 0.103. The van der Waals surface area contributed by atoms with Crippen molar-refractivity contribution >= 4 is 23.3 Å². The molecule has 124 valence electrons. The monoisotopic (exact) mass is 331 g/mol. The van der Waals surface area contributed by atoms with Crippen LogP contribution in [0.1, 0.15) is 10.4 Å². The number of esters is 1. The van der Waals surface area contributed by atoms with Crippen LogP contribution in [0.2, 0.25) is 0 Å². The Hall–Kier alpha value is -3.49. The zero-order chi connectivity index (χ0) is 17.5. The maximum absolute atomic E-state index is 11.9. The van der Waals surface area contributed by atoms with Gasteiger partial charge in [-0.1, -0.05) is 0 Å². The number of rotatable bonds is 6. The Morgan fingerprint density at radius 3 is 2.75 bits per heavy atom. The summed E-state index contributed by atoms with van der Waals surface area (Å²) in [6.07, 6.45) is 2.81. The molecule has 1 aromatic carbocycles. The number of nitro groups is 1. The van der Waals surface area contributed by atoms with Gasteiger partial charge >= 0.3 is 5.97 Å². The number of non-ortho nitro benzene ring substituents is 1. The standard InChI is InChI=1S/C15H13N3O6/c1-23-13-5-4-11(18(21)22)7-12(13)17-14(19)9-24-15(20)10-3-2-6-16-8-10/h2-8H,9H2,1H3,(H,17,19). The topological polar surface area (TPSA) is 121 Å². The summed E-state index contributed by atoms with van der Waals surface area (Å²) in [6.45, 7) is -0.556. The van der Waals surface area contributed by atoms with Crippen molar-refractivity contribution in [3.8, 4) is 5.75 Å². The van der Waals surface area contributed by atoms with E-state index < -0.39 is 23.4 Å². The lowest BCUT2D eigenvalue weighted by atomic mass is 10.2. The van der Waals surface area contributed by atoms with Crippen molar-refractivity contribution in [1.82, 2.24) is 4.98 Å². The van der Waals surface area contributed by atoms with Crippen LogP contribution in [-0.2, 0) is 9.53 Å². The number of methoxy groups -OCH3 is 1. The number of benzene rings is 1. The van der Waals surface area contributed by atoms with Gasteiger partial charge in [0, 0.05) is 24.5 Å². The number of pyridine rings is 1. The number of nitro benzene ring substituents is 1. The van der Waals surface area contributed by atoms with Crippen LogP contribution in [0.3, 0.4) is 0 Å². The average molecular weight is 331 g/mol. The number of carbonyl (C=O) groups excluding carboxylic acids is 2. The third-order valence-electron chi connectivity index (χ3n) is 2.90. The summed E-state index contributed by atoms with van der Waals surface area (Å²) in [5.74, 6) is -1.12. The Morgan fingerprint density at radius 1 is 1.33 bits per heavy atom. The van der Waals surface area contributed by atoms with E-state index >= 15 is 0 Å². The highest BCUT2D eigenvalue weighted by atomic mass is 16.6. The third kappa shape index (κ3) is 4.26. The highest BCUT2D eigenvalue weighted by Gasteiger charge is 2.15. The minimum atomic E-state index is -0.704. The Bertz CT molecular complexity index is 763. The zero-order valence-corrected chi connectivity index (χ0v) is 12.6. The molecule has 0 saturated heterocycles. The molecule has 1 N–H and O–H groups in total. The van der Waals surface area contributed by atoms with Gasteiger partial charge < -0.3 is 14.8 Å². The molecule has 0 radical (unpaired) electrons. The van der Waals surface area contributed by atoms with E-state index in [9.17, 15) is 19.7 Å². The fourth-order valence-electron chi connectivity index (χ4n) is 1.79. The van der Waals surface area contributed by atoms with Crippen molar-refractivity contribution in [2.24, 2.45) is 0 Å². The van der Waals surface area contributed by atoms with Crippen LogP contribution >= 0.6 is 0 Å². The molecule has 1 amide bonds. The number of nitrogens with one attached hydrogen (secondary N) is 1. The van der Waals surface area contributed by atoms with Crippen LogP contribution in [0, 0.1) is 10.1 Å². The van der Waals surface area contributed by atoms with Crippen LogP contribution in [-0.4, -0.2) is 35.5 Å². The number of hydrogen-bond donors (Lipinski definition) is 1. The van der Waals surface area contributed by atoms with Gasteiger partial charge in [0.25, 0.3) is 11.6 Å². The van der Waals surface area contributed by atoms with Gasteiger partial charge in [-0.2, -0.15) is 0 Å². The molecule has 0 saturated carbocycles. The number of carbonyl (C=O) groups is 2. The van der Waals surface area contributed by atoms with Gasteiger partial charge in [0.05, 0.1) is 23.3 Å². The number of hydrogen-bond acceptors (Lipinski definition) is 7. The maximum Gasteiger partial charge on any atom is 0.340 e. The van der Waals surface area contributed by atoms with Gasteiger partial charge in [-0.25, -0.2) is 4.79 Å². The highest BCUT2D eigenvalue weighted by Crippen LogP contribution is 2.28. The first kappa shape index (κ1) is 16.9. The van der Waals surface area contributed by atoms with Gasteiger partial charge in [-0.3, -0.25) is 19.9 Å². The number of ether oxygens (including phenoxy) is 2. The van der Waals surface area contributed by atoms with Gasteiger partial charge in [-0.05, 0) is 18.2 Å². The van der Waals surface area contributed by atoms with E-state index in [1.54, 1.807) is 6.07 Å². The van der Waals surface area contributed by atoms with Gasteiger partial charge in [-0.15, -0.1) is 0 Å². The molecule has 1 aromatic heterocycles. The summed E-state index contributed by atoms with van der Waals surface area (Å²) in [6, 6.07) is 6.81. The van der Waals surface area contributed by atoms with Crippen LogP contribution in [0.5, 0.6) is 5.75 Å². The minimum Gasteiger partial charge on any atom is -0.495 e. The Balaban J connectivity index is 2.00. The molecule has 0 aliphatic rings. The Morgan fingerprint density at radius 2 is 2.12 bits per heavy atom. The van der Waals surface area contributed by atoms with Crippen LogP contribution < -0.4 is 10.1 Å². The number of anilines is 1. The molecule has 1 heterocycles. The highest BCUT2D eigenvalue weighted by molar-refractivity contribution is 5.96. The normalized spacial score (nSPS) is 9.88. The quantitative estimate of drug-likeness (QED) is 0.486. The summed E-state index contributed by atoms with van der Waals surface area (Å²) in [7, 11) is 1.36. The number of amides is 1. The largest absolute Gasteiger partial charge is 0.495 e. The molecule has 0 spiro atoms. The second-order valence-electron chi connectivity index (χ2n) is 4.51. The molecule has 24 heavy (non-hydrogen) atoms. The minimum absolute atomic E-state index is 0.106. The molecular weight excluding hydrogens is 318 g/mol. The molecule has 0 bridgehead atoms. The van der Waals surface area contributed by atoms with Gasteiger partial charge in [0.15, 0.2) is 6.61 Å². The van der Waals surface area contributed by atoms with Crippen LogP contribution in [0.15, 0.2) is 42.7 Å². The molecule has 9 nitrogen and oxygen atoms in total. The number of nitrogens with zero attached hydrogens (tertiary/aromatic N) is 2. The van der Waals surface area contributed by atoms with Crippen LogP contribution in [0.25, 0.3) is 0 Å². The second-order valence-corrected chi connectivity index (χ2v) is 4.51. The van der Waals surface area contributed by atoms with E-state index in [0.717, 1.165) is 6.07 Å². The summed E-state index contributed by atoms with van der Waals surface area (Å²) in [4.78, 5) is 37.5. The van der Waals surface area contributed by atoms with Crippen LogP contribution in [0.4, 0.5) is 11.4 Å². The molecule has 0 fully saturated rings. The fraction of sp³-hybridized carbons (Fsp3) is 0.133. The molecule has 0 aliphatic heterocycles. The predicted octanol–water partition coefficient (Wildman–Crippen LogP) is 1.79. The first-order valence-electron chi connectivity index (χ1n) is 6.70. The van der Waals surface area contributed by atoms with Gasteiger partial charge in [0.2, 0.25) is 0 Å². The molecule has 9 heteroatoms. The summed E-state index contributed by atoms with van der Waals surface area (Å²) in [5, 5.41) is 13.2. The molecular formula is C15H13N3O6. The van der Waals surface area contributed by atoms with Crippen molar-refractivity contribution in [2.45, 2.75) is 0 Å². The Kier molecular flexibility index (Phi) is 5.40. The van der Waals surface area contributed by atoms with Crippen molar-refractivity contribution in [3.63, 3.8) is 0 Å². The fourth-order valence-corrected chi connectivity index (χ4v) is 1.79. The first-order valence-corrected chi connectivity index (χ1v) is 6.70. The van der Waals surface area contributed by atoms with E-state index in [4.69, 9.17) is 9.47 Å². The summed E-state index contributed by atoms with van der Waals surface area (Å²) < 4.78 is 9.87. The van der Waals surface area contributed by atoms with Crippen molar-refractivity contribution in [1.29, 1.82) is 0 Å². The Labute approximate surface area is 136 Å². The molecule has 0 unspecified atom stereocenters. The molecule has 2 aromatic rings. The van der Waals surface area contributed by atoms with Crippen molar-refractivity contribution < 1.29 is 24.0 Å². The van der Waals surface area contributed by atoms with E-state index in [-0.39, 0.29) is 22.7 Å². The number of aromatic nitrogens is 1. The lowest BCUT2D eigenvalue weighted by Gasteiger charge is -2.10. The average Bonchev–Trinajstić information content (AvgIpc) is 2.60. The second kappa shape index (κ2) is 7.68. The van der Waals surface area contributed by atoms with Crippen molar-refractivity contribution in [3.05, 3.63) is 58.4 Å². The SMILES string of the molecule is COc1ccc([N+](=O)[O-])cc1NC(=O)COC(=O)c1cccnc1. The lowest BCUT2D eigenvalue weighted by molar-refractivity contribution is -0.384. The van der Waals surface area contributed by atoms with E-state index in [1.807, 2.05) is 0 Å². The van der Waals surface area contributed by atoms with E-state index in [1.165, 1.54) is 37.7 Å². The third-order valence-corrected chi connectivity index (χ3v) is 2.90. The predicted molar refractivity (Wildman–Crippen MR) is 82.8 cm³/mol. The van der Waals surface area contributed by atoms with E-state index in [2.05, 4.69) is 10.3 Å².